The van der Waals surface area contributed by atoms with Gasteiger partial charge in [0.05, 0.1) is 0 Å². The first-order valence-corrected chi connectivity index (χ1v) is 8.84. The van der Waals surface area contributed by atoms with E-state index >= 15 is 0 Å². The summed E-state index contributed by atoms with van der Waals surface area (Å²) in [5, 5.41) is 0. The summed E-state index contributed by atoms with van der Waals surface area (Å²) in [6.07, 6.45) is 3.65. The lowest BCUT2D eigenvalue weighted by atomic mass is 10.1. The minimum atomic E-state index is -0.0314. The van der Waals surface area contributed by atoms with Crippen LogP contribution in [0.1, 0.15) is 30.1 Å². The number of aromatic nitrogens is 1. The number of unbranched alkanes of at least 4 members (excludes halogenated alkanes) is 1. The molecular formula is C22H22N2O2. The molecule has 0 bridgehead atoms. The zero-order chi connectivity index (χ0) is 18.2. The first-order valence-electron chi connectivity index (χ1n) is 8.84. The van der Waals surface area contributed by atoms with Gasteiger partial charge in [-0.25, -0.2) is 4.98 Å². The van der Waals surface area contributed by atoms with E-state index < -0.39 is 0 Å². The standard InChI is InChI=1S/C22H22N2O2/c1-2-3-16-24(19-11-5-4-6-12-19)22(25)18-10-9-13-20(17-18)26-21-14-7-8-15-23-21/h4-15,17H,2-3,16H2,1H3. The average molecular weight is 346 g/mol. The van der Waals surface area contributed by atoms with Crippen molar-refractivity contribution in [1.82, 2.24) is 4.98 Å². The number of hydrogen-bond donors (Lipinski definition) is 0. The van der Waals surface area contributed by atoms with Gasteiger partial charge in [0.25, 0.3) is 5.91 Å². The molecule has 0 N–H and O–H groups in total. The van der Waals surface area contributed by atoms with Gasteiger partial charge in [-0.1, -0.05) is 43.7 Å². The lowest BCUT2D eigenvalue weighted by Gasteiger charge is -2.23. The maximum absolute atomic E-state index is 13.1. The molecule has 0 aliphatic heterocycles. The topological polar surface area (TPSA) is 42.4 Å². The molecule has 0 spiro atoms. The Morgan fingerprint density at radius 1 is 1.00 bits per heavy atom. The molecule has 1 aromatic heterocycles. The third kappa shape index (κ3) is 4.48. The number of hydrogen-bond acceptors (Lipinski definition) is 3. The number of pyridine rings is 1. The van der Waals surface area contributed by atoms with Crippen molar-refractivity contribution in [2.45, 2.75) is 19.8 Å². The molecule has 0 aliphatic carbocycles. The van der Waals surface area contributed by atoms with Crippen molar-refractivity contribution in [3.8, 4) is 11.6 Å². The van der Waals surface area contributed by atoms with Crippen LogP contribution in [0.15, 0.2) is 79.0 Å². The molecule has 0 saturated heterocycles. The van der Waals surface area contributed by atoms with Crippen molar-refractivity contribution in [3.05, 3.63) is 84.6 Å². The lowest BCUT2D eigenvalue weighted by molar-refractivity contribution is 0.0986. The first-order chi connectivity index (χ1) is 12.8. The van der Waals surface area contributed by atoms with E-state index in [0.717, 1.165) is 18.5 Å². The van der Waals surface area contributed by atoms with Crippen LogP contribution in [-0.2, 0) is 0 Å². The van der Waals surface area contributed by atoms with Gasteiger partial charge in [0.15, 0.2) is 0 Å². The van der Waals surface area contributed by atoms with Crippen LogP contribution in [0.2, 0.25) is 0 Å². The number of para-hydroxylation sites is 1. The predicted molar refractivity (Wildman–Crippen MR) is 104 cm³/mol. The van der Waals surface area contributed by atoms with Gasteiger partial charge in [0.2, 0.25) is 5.88 Å². The lowest BCUT2D eigenvalue weighted by Crippen LogP contribution is -2.31. The van der Waals surface area contributed by atoms with Gasteiger partial charge >= 0.3 is 0 Å². The third-order valence-electron chi connectivity index (χ3n) is 3.99. The van der Waals surface area contributed by atoms with Gasteiger partial charge in [0.1, 0.15) is 5.75 Å². The quantitative estimate of drug-likeness (QED) is 0.581. The Morgan fingerprint density at radius 2 is 1.81 bits per heavy atom. The maximum atomic E-state index is 13.1. The first kappa shape index (κ1) is 17.7. The van der Waals surface area contributed by atoms with E-state index in [4.69, 9.17) is 4.74 Å². The van der Waals surface area contributed by atoms with E-state index in [0.29, 0.717) is 23.7 Å². The summed E-state index contributed by atoms with van der Waals surface area (Å²) < 4.78 is 5.75. The molecule has 26 heavy (non-hydrogen) atoms. The zero-order valence-electron chi connectivity index (χ0n) is 14.8. The van der Waals surface area contributed by atoms with E-state index in [2.05, 4.69) is 11.9 Å². The van der Waals surface area contributed by atoms with Crippen LogP contribution in [0.25, 0.3) is 0 Å². The summed E-state index contributed by atoms with van der Waals surface area (Å²) >= 11 is 0. The van der Waals surface area contributed by atoms with E-state index in [1.807, 2.05) is 65.6 Å². The number of carbonyl (C=O) groups is 1. The molecule has 1 heterocycles. The molecule has 132 valence electrons. The van der Waals surface area contributed by atoms with Crippen LogP contribution in [0.3, 0.4) is 0 Å². The molecule has 0 radical (unpaired) electrons. The Hall–Kier alpha value is -3.14. The van der Waals surface area contributed by atoms with Crippen molar-refractivity contribution in [1.29, 1.82) is 0 Å². The predicted octanol–water partition coefficient (Wildman–Crippen LogP) is 5.32. The molecule has 0 aliphatic rings. The molecule has 0 atom stereocenters. The zero-order valence-corrected chi connectivity index (χ0v) is 14.8. The van der Waals surface area contributed by atoms with Gasteiger partial charge < -0.3 is 9.64 Å². The highest BCUT2D eigenvalue weighted by Gasteiger charge is 2.17. The highest BCUT2D eigenvalue weighted by atomic mass is 16.5. The summed E-state index contributed by atoms with van der Waals surface area (Å²) in [5.74, 6) is 1.07. The van der Waals surface area contributed by atoms with Gasteiger partial charge in [0, 0.05) is 30.1 Å². The number of anilines is 1. The molecule has 0 fully saturated rings. The summed E-state index contributed by atoms with van der Waals surface area (Å²) in [6.45, 7) is 2.81. The summed E-state index contributed by atoms with van der Waals surface area (Å²) in [7, 11) is 0. The van der Waals surface area contributed by atoms with Crippen LogP contribution >= 0.6 is 0 Å². The Bertz CT molecular complexity index is 835. The normalized spacial score (nSPS) is 10.3. The van der Waals surface area contributed by atoms with Crippen LogP contribution < -0.4 is 9.64 Å². The number of carbonyl (C=O) groups excluding carboxylic acids is 1. The van der Waals surface area contributed by atoms with Crippen LogP contribution in [0, 0.1) is 0 Å². The molecule has 2 aromatic carbocycles. The smallest absolute Gasteiger partial charge is 0.258 e. The fourth-order valence-corrected chi connectivity index (χ4v) is 2.65. The average Bonchev–Trinajstić information content (AvgIpc) is 2.70. The molecule has 0 saturated carbocycles. The van der Waals surface area contributed by atoms with Gasteiger partial charge in [-0.2, -0.15) is 0 Å². The number of ether oxygens (including phenoxy) is 1. The number of rotatable bonds is 7. The van der Waals surface area contributed by atoms with Gasteiger partial charge in [-0.05, 0) is 42.8 Å². The maximum Gasteiger partial charge on any atom is 0.258 e. The minimum Gasteiger partial charge on any atom is -0.439 e. The number of amides is 1. The molecule has 4 nitrogen and oxygen atoms in total. The second-order valence-corrected chi connectivity index (χ2v) is 5.94. The van der Waals surface area contributed by atoms with E-state index in [1.165, 1.54) is 0 Å². The second kappa shape index (κ2) is 8.81. The Kier molecular flexibility index (Phi) is 5.99. The molecule has 1 amide bonds. The molecule has 3 aromatic rings. The summed E-state index contributed by atoms with van der Waals surface area (Å²) in [4.78, 5) is 19.1. The van der Waals surface area contributed by atoms with E-state index in [1.54, 1.807) is 18.3 Å². The van der Waals surface area contributed by atoms with Gasteiger partial charge in [-0.15, -0.1) is 0 Å². The van der Waals surface area contributed by atoms with E-state index in [-0.39, 0.29) is 5.91 Å². The monoisotopic (exact) mass is 346 g/mol. The van der Waals surface area contributed by atoms with Crippen molar-refractivity contribution in [2.75, 3.05) is 11.4 Å². The fourth-order valence-electron chi connectivity index (χ4n) is 2.65. The summed E-state index contributed by atoms with van der Waals surface area (Å²) in [6, 6.07) is 22.5. The SMILES string of the molecule is CCCCN(C(=O)c1cccc(Oc2ccccn2)c1)c1ccccc1. The molecule has 4 heteroatoms. The van der Waals surface area contributed by atoms with Crippen molar-refractivity contribution >= 4 is 11.6 Å². The van der Waals surface area contributed by atoms with Gasteiger partial charge in [-0.3, -0.25) is 4.79 Å². The molecular weight excluding hydrogens is 324 g/mol. The van der Waals surface area contributed by atoms with Crippen molar-refractivity contribution in [3.63, 3.8) is 0 Å². The van der Waals surface area contributed by atoms with Crippen LogP contribution in [0.4, 0.5) is 5.69 Å². The largest absolute Gasteiger partial charge is 0.439 e. The second-order valence-electron chi connectivity index (χ2n) is 5.94. The molecule has 0 unspecified atom stereocenters. The molecule has 3 rings (SSSR count). The third-order valence-corrected chi connectivity index (χ3v) is 3.99. The number of benzene rings is 2. The van der Waals surface area contributed by atoms with Crippen molar-refractivity contribution < 1.29 is 9.53 Å². The summed E-state index contributed by atoms with van der Waals surface area (Å²) in [5.41, 5.74) is 1.50. The highest BCUT2D eigenvalue weighted by Crippen LogP contribution is 2.23. The van der Waals surface area contributed by atoms with Crippen LogP contribution in [-0.4, -0.2) is 17.4 Å². The Balaban J connectivity index is 1.83. The minimum absolute atomic E-state index is 0.0314. The number of nitrogens with zero attached hydrogens (tertiary/aromatic N) is 2. The fraction of sp³-hybridized carbons (Fsp3) is 0.182. The van der Waals surface area contributed by atoms with Crippen molar-refractivity contribution in [2.24, 2.45) is 0 Å². The highest BCUT2D eigenvalue weighted by molar-refractivity contribution is 6.06. The van der Waals surface area contributed by atoms with E-state index in [9.17, 15) is 4.79 Å². The Labute approximate surface area is 154 Å². The Morgan fingerprint density at radius 3 is 2.54 bits per heavy atom. The van der Waals surface area contributed by atoms with Crippen LogP contribution in [0.5, 0.6) is 11.6 Å².